The van der Waals surface area contributed by atoms with E-state index in [1.54, 1.807) is 66.7 Å². The summed E-state index contributed by atoms with van der Waals surface area (Å²) in [5.41, 5.74) is 0.571. The topological polar surface area (TPSA) is 222 Å². The number of halogens is 3. The van der Waals surface area contributed by atoms with Gasteiger partial charge in [-0.2, -0.15) is 0 Å². The Hall–Kier alpha value is -7.65. The van der Waals surface area contributed by atoms with Gasteiger partial charge in [0.2, 0.25) is 0 Å². The Labute approximate surface area is 389 Å². The summed E-state index contributed by atoms with van der Waals surface area (Å²) in [7, 11) is -8.12. The van der Waals surface area contributed by atoms with E-state index in [1.807, 2.05) is 0 Å². The zero-order valence-corrected chi connectivity index (χ0v) is 37.7. The van der Waals surface area contributed by atoms with Gasteiger partial charge in [0.15, 0.2) is 0 Å². The van der Waals surface area contributed by atoms with E-state index in [2.05, 4.69) is 21.1 Å². The summed E-state index contributed by atoms with van der Waals surface area (Å²) < 4.78 is 124. The van der Waals surface area contributed by atoms with Crippen molar-refractivity contribution in [1.82, 2.24) is 0 Å². The van der Waals surface area contributed by atoms with Crippen LogP contribution in [0.4, 0.5) is 24.5 Å². The Morgan fingerprint density at radius 2 is 0.882 bits per heavy atom. The van der Waals surface area contributed by atoms with E-state index in [-0.39, 0.29) is 59.6 Å². The van der Waals surface area contributed by atoms with Gasteiger partial charge in [0, 0.05) is 11.4 Å². The summed E-state index contributed by atoms with van der Waals surface area (Å²) in [5, 5.41) is 18.3. The van der Waals surface area contributed by atoms with Gasteiger partial charge in [-0.15, -0.1) is 13.2 Å². The molecule has 360 valence electrons. The van der Waals surface area contributed by atoms with Crippen LogP contribution >= 0.6 is 0 Å². The highest BCUT2D eigenvalue weighted by atomic mass is 32.2. The highest BCUT2D eigenvalue weighted by Gasteiger charge is 2.34. The lowest BCUT2D eigenvalue weighted by Gasteiger charge is -2.14. The molecule has 0 aliphatic carbocycles. The van der Waals surface area contributed by atoms with E-state index in [4.69, 9.17) is 33.9 Å². The van der Waals surface area contributed by atoms with Gasteiger partial charge in [0.05, 0.1) is 11.5 Å². The molecular formula is C47H45F3N2O14S2. The fourth-order valence-electron chi connectivity index (χ4n) is 5.75. The maximum atomic E-state index is 12.6. The molecule has 6 aromatic carbocycles. The van der Waals surface area contributed by atoms with Crippen LogP contribution in [0.5, 0.6) is 34.5 Å². The third kappa shape index (κ3) is 16.0. The molecule has 0 unspecified atom stereocenters. The van der Waals surface area contributed by atoms with Crippen molar-refractivity contribution < 1.29 is 78.2 Å². The first kappa shape index (κ1) is 51.3. The lowest BCUT2D eigenvalue weighted by molar-refractivity contribution is -0.275. The first-order chi connectivity index (χ1) is 32.4. The Balaban J connectivity index is 0.000000254. The summed E-state index contributed by atoms with van der Waals surface area (Å²) in [5.74, 6) is -1.07. The van der Waals surface area contributed by atoms with Crippen molar-refractivity contribution in [1.29, 1.82) is 0 Å². The highest BCUT2D eigenvalue weighted by molar-refractivity contribution is 7.93. The van der Waals surface area contributed by atoms with E-state index in [0.29, 0.717) is 29.5 Å². The number of alkyl halides is 3. The molecule has 0 saturated heterocycles. The predicted molar refractivity (Wildman–Crippen MR) is 243 cm³/mol. The lowest BCUT2D eigenvalue weighted by Crippen LogP contribution is -2.20. The first-order valence-corrected chi connectivity index (χ1v) is 23.4. The van der Waals surface area contributed by atoms with Crippen molar-refractivity contribution in [3.8, 4) is 34.5 Å². The number of hydrogen-bond acceptors (Lipinski definition) is 12. The average molecular weight is 983 g/mol. The molecule has 68 heavy (non-hydrogen) atoms. The monoisotopic (exact) mass is 982 g/mol. The van der Waals surface area contributed by atoms with Gasteiger partial charge < -0.3 is 38.6 Å². The average Bonchev–Trinajstić information content (AvgIpc) is 3.30. The second-order valence-corrected chi connectivity index (χ2v) is 17.3. The zero-order chi connectivity index (χ0) is 49.2. The van der Waals surface area contributed by atoms with E-state index in [1.165, 1.54) is 66.7 Å². The number of unbranched alkanes of at least 4 members (excludes halogenated alkanes) is 1. The standard InChI is InChI=1S/C25H27NO7S.C22H18F3NO7S/c1-2-3-16-31-21-12-14-22(15-13-21)34(29,30)26-19-8-10-20(11-9-19)32-17-18-33-24-7-5-4-6-23(24)25(27)28;23-22(24,25)33-19-7-3-4-8-20(19)34(29,30)26-15-9-11-16(12-10-15)31-13-14-32-18-6-2-1-5-17(18)21(27)28/h4-15,26H,2-3,16-18H2,1H3,(H,27,28);1-12,26H,13-14H2,(H,27,28). The van der Waals surface area contributed by atoms with Crippen molar-refractivity contribution in [3.05, 3.63) is 157 Å². The number of hydrogen-bond donors (Lipinski definition) is 4. The van der Waals surface area contributed by atoms with E-state index in [9.17, 15) is 39.6 Å². The van der Waals surface area contributed by atoms with Gasteiger partial charge in [0.25, 0.3) is 20.0 Å². The van der Waals surface area contributed by atoms with Crippen molar-refractivity contribution in [2.75, 3.05) is 42.5 Å². The number of carboxylic acid groups (broad SMARTS) is 2. The predicted octanol–water partition coefficient (Wildman–Crippen LogP) is 9.36. The van der Waals surface area contributed by atoms with Gasteiger partial charge in [-0.25, -0.2) is 26.4 Å². The van der Waals surface area contributed by atoms with Crippen LogP contribution in [0.25, 0.3) is 0 Å². The van der Waals surface area contributed by atoms with Crippen molar-refractivity contribution in [2.24, 2.45) is 0 Å². The Morgan fingerprint density at radius 1 is 0.500 bits per heavy atom. The summed E-state index contributed by atoms with van der Waals surface area (Å²) in [4.78, 5) is 21.8. The number of sulfonamides is 2. The number of para-hydroxylation sites is 3. The van der Waals surface area contributed by atoms with E-state index >= 15 is 0 Å². The summed E-state index contributed by atoms with van der Waals surface area (Å²) in [6.07, 6.45) is -3.09. The highest BCUT2D eigenvalue weighted by Crippen LogP contribution is 2.31. The molecule has 0 atom stereocenters. The number of rotatable bonds is 23. The number of ether oxygens (including phenoxy) is 6. The van der Waals surface area contributed by atoms with Crippen LogP contribution in [-0.4, -0.2) is 78.4 Å². The second-order valence-electron chi connectivity index (χ2n) is 13.9. The fourth-order valence-corrected chi connectivity index (χ4v) is 8.00. The summed E-state index contributed by atoms with van der Waals surface area (Å²) in [6, 6.07) is 35.2. The zero-order valence-electron chi connectivity index (χ0n) is 36.0. The van der Waals surface area contributed by atoms with Gasteiger partial charge in [-0.05, 0) is 116 Å². The molecule has 4 N–H and O–H groups in total. The fraction of sp³-hybridized carbons (Fsp3) is 0.191. The molecule has 0 fully saturated rings. The molecule has 16 nitrogen and oxygen atoms in total. The molecule has 0 radical (unpaired) electrons. The number of aromatic carboxylic acids is 2. The quantitative estimate of drug-likeness (QED) is 0.0440. The Bertz CT molecular complexity index is 2810. The SMILES string of the molecule is CCCCOc1ccc(S(=O)(=O)Nc2ccc(OCCOc3ccccc3C(=O)O)cc2)cc1.O=C(O)c1ccccc1OCCOc1ccc(NS(=O)(=O)c2ccccc2OC(F)(F)F)cc1. The van der Waals surface area contributed by atoms with Crippen molar-refractivity contribution in [2.45, 2.75) is 35.9 Å². The van der Waals surface area contributed by atoms with Crippen LogP contribution in [0.3, 0.4) is 0 Å². The molecular weight excluding hydrogens is 938 g/mol. The van der Waals surface area contributed by atoms with Crippen LogP contribution in [0.1, 0.15) is 40.5 Å². The molecule has 0 aliphatic heterocycles. The third-order valence-corrected chi connectivity index (χ3v) is 11.8. The maximum absolute atomic E-state index is 12.6. The molecule has 21 heteroatoms. The van der Waals surface area contributed by atoms with Crippen LogP contribution in [0.2, 0.25) is 0 Å². The number of nitrogens with one attached hydrogen (secondary N) is 2. The Kier molecular flexibility index (Phi) is 18.3. The third-order valence-electron chi connectivity index (χ3n) is 8.93. The molecule has 6 rings (SSSR count). The number of carboxylic acids is 2. The second kappa shape index (κ2) is 24.2. The van der Waals surface area contributed by atoms with Crippen molar-refractivity contribution in [3.63, 3.8) is 0 Å². The van der Waals surface area contributed by atoms with Crippen molar-refractivity contribution >= 4 is 43.4 Å². The number of benzene rings is 6. The van der Waals surface area contributed by atoms with Gasteiger partial charge >= 0.3 is 18.3 Å². The van der Waals surface area contributed by atoms with Gasteiger partial charge in [-0.1, -0.05) is 49.7 Å². The molecule has 0 amide bonds. The van der Waals surface area contributed by atoms with Crippen LogP contribution in [0, 0.1) is 0 Å². The van der Waals surface area contributed by atoms with Crippen LogP contribution in [-0.2, 0) is 20.0 Å². The minimum atomic E-state index is -5.05. The maximum Gasteiger partial charge on any atom is 0.573 e. The molecule has 0 aliphatic rings. The molecule has 0 bridgehead atoms. The molecule has 0 aromatic heterocycles. The van der Waals surface area contributed by atoms with Crippen LogP contribution in [0.15, 0.2) is 155 Å². The normalized spacial score (nSPS) is 11.2. The minimum absolute atomic E-state index is 0.0151. The number of anilines is 2. The van der Waals surface area contributed by atoms with Crippen LogP contribution < -0.4 is 37.9 Å². The summed E-state index contributed by atoms with van der Waals surface area (Å²) in [6.45, 7) is 3.12. The van der Waals surface area contributed by atoms with E-state index < -0.39 is 49.0 Å². The minimum Gasteiger partial charge on any atom is -0.494 e. The first-order valence-electron chi connectivity index (χ1n) is 20.4. The molecule has 6 aromatic rings. The largest absolute Gasteiger partial charge is 0.573 e. The molecule has 0 saturated carbocycles. The lowest BCUT2D eigenvalue weighted by atomic mass is 10.2. The Morgan fingerprint density at radius 3 is 1.32 bits per heavy atom. The smallest absolute Gasteiger partial charge is 0.494 e. The van der Waals surface area contributed by atoms with Gasteiger partial charge in [-0.3, -0.25) is 9.44 Å². The molecule has 0 heterocycles. The molecule has 0 spiro atoms. The number of carbonyl (C=O) groups is 2. The summed E-state index contributed by atoms with van der Waals surface area (Å²) >= 11 is 0. The van der Waals surface area contributed by atoms with Gasteiger partial charge in [0.1, 0.15) is 76.9 Å². The van der Waals surface area contributed by atoms with E-state index in [0.717, 1.165) is 25.0 Å².